The molecule has 2 aliphatic rings. The van der Waals surface area contributed by atoms with Gasteiger partial charge in [0.1, 0.15) is 18.0 Å². The van der Waals surface area contributed by atoms with E-state index in [9.17, 15) is 19.5 Å². The van der Waals surface area contributed by atoms with Crippen molar-refractivity contribution in [3.8, 4) is 5.75 Å². The summed E-state index contributed by atoms with van der Waals surface area (Å²) in [6.07, 6.45) is 1.67. The number of ketones is 1. The largest absolute Gasteiger partial charge is 0.482 e. The van der Waals surface area contributed by atoms with Crippen LogP contribution in [0.3, 0.4) is 0 Å². The minimum Gasteiger partial charge on any atom is -0.482 e. The molecule has 0 radical (unpaired) electrons. The van der Waals surface area contributed by atoms with Gasteiger partial charge in [-0.05, 0) is 59.6 Å². The summed E-state index contributed by atoms with van der Waals surface area (Å²) in [6, 6.07) is 6.54. The summed E-state index contributed by atoms with van der Waals surface area (Å²) >= 11 is 2.12. The van der Waals surface area contributed by atoms with Gasteiger partial charge in [-0.15, -0.1) is 0 Å². The standard InChI is InChI=1S/C23H29IN2O6/c1-2-18(28)23(31)26(13-14-7-8-14)17-11-15(22(30)25-9-10-27)12-20(21(17)29)32-19-6-4-3-5-16(19)24/h3-6,12,14,17,20-21,27,29H,2,7-11,13H2,1H3,(H,25,30)/t17-,20+,21+/m1/s1. The number of nitrogens with one attached hydrogen (secondary N) is 1. The van der Waals surface area contributed by atoms with Crippen molar-refractivity contribution in [1.82, 2.24) is 10.2 Å². The van der Waals surface area contributed by atoms with E-state index in [1.807, 2.05) is 18.2 Å². The molecule has 1 aromatic rings. The quantitative estimate of drug-likeness (QED) is 0.297. The molecule has 3 N–H and O–H groups in total. The van der Waals surface area contributed by atoms with Crippen molar-refractivity contribution in [3.63, 3.8) is 0 Å². The molecule has 8 nitrogen and oxygen atoms in total. The number of ether oxygens (including phenoxy) is 1. The minimum atomic E-state index is -1.12. The third kappa shape index (κ3) is 6.08. The van der Waals surface area contributed by atoms with Crippen LogP contribution in [0.4, 0.5) is 0 Å². The fourth-order valence-electron chi connectivity index (χ4n) is 3.73. The first-order valence-corrected chi connectivity index (χ1v) is 12.0. The molecule has 0 aliphatic heterocycles. The highest BCUT2D eigenvalue weighted by atomic mass is 127. The number of aliphatic hydroxyl groups excluding tert-OH is 2. The normalized spacial score (nSPS) is 22.6. The van der Waals surface area contributed by atoms with Crippen LogP contribution in [0.25, 0.3) is 0 Å². The summed E-state index contributed by atoms with van der Waals surface area (Å²) in [4.78, 5) is 39.3. The predicted octanol–water partition coefficient (Wildman–Crippen LogP) is 1.42. The second kappa shape index (κ2) is 11.2. The lowest BCUT2D eigenvalue weighted by molar-refractivity contribution is -0.149. The zero-order chi connectivity index (χ0) is 23.3. The molecule has 2 amide bonds. The van der Waals surface area contributed by atoms with E-state index in [4.69, 9.17) is 9.84 Å². The zero-order valence-electron chi connectivity index (χ0n) is 18.0. The molecule has 3 rings (SSSR count). The molecule has 3 atom stereocenters. The van der Waals surface area contributed by atoms with Crippen LogP contribution < -0.4 is 10.1 Å². The van der Waals surface area contributed by atoms with Crippen molar-refractivity contribution in [1.29, 1.82) is 0 Å². The Kier molecular flexibility index (Phi) is 8.66. The molecule has 174 valence electrons. The molecular formula is C23H29IN2O6. The number of amides is 2. The third-order valence-corrected chi connectivity index (χ3v) is 6.58. The number of aliphatic hydroxyl groups is 2. The van der Waals surface area contributed by atoms with E-state index in [0.29, 0.717) is 23.8 Å². The van der Waals surface area contributed by atoms with E-state index in [2.05, 4.69) is 27.9 Å². The van der Waals surface area contributed by atoms with E-state index in [0.717, 1.165) is 16.4 Å². The molecule has 0 aromatic heterocycles. The molecule has 0 heterocycles. The Morgan fingerprint density at radius 3 is 2.59 bits per heavy atom. The Morgan fingerprint density at radius 2 is 1.97 bits per heavy atom. The average molecular weight is 556 g/mol. The van der Waals surface area contributed by atoms with Gasteiger partial charge in [0.15, 0.2) is 0 Å². The van der Waals surface area contributed by atoms with Crippen molar-refractivity contribution >= 4 is 40.2 Å². The number of carbonyl (C=O) groups excluding carboxylic acids is 3. The lowest BCUT2D eigenvalue weighted by atomic mass is 9.87. The Morgan fingerprint density at radius 1 is 1.25 bits per heavy atom. The van der Waals surface area contributed by atoms with Gasteiger partial charge in [-0.2, -0.15) is 0 Å². The van der Waals surface area contributed by atoms with Crippen LogP contribution in [-0.4, -0.2) is 70.7 Å². The van der Waals surface area contributed by atoms with Crippen LogP contribution >= 0.6 is 22.6 Å². The number of rotatable bonds is 10. The number of carbonyl (C=O) groups is 3. The predicted molar refractivity (Wildman–Crippen MR) is 126 cm³/mol. The Hall–Kier alpha value is -1.98. The van der Waals surface area contributed by atoms with Crippen LogP contribution in [0.1, 0.15) is 32.6 Å². The maximum Gasteiger partial charge on any atom is 0.290 e. The van der Waals surface area contributed by atoms with E-state index < -0.39 is 35.8 Å². The fourth-order valence-corrected chi connectivity index (χ4v) is 4.24. The van der Waals surface area contributed by atoms with Gasteiger partial charge in [-0.25, -0.2) is 0 Å². The van der Waals surface area contributed by atoms with Crippen molar-refractivity contribution in [2.24, 2.45) is 5.92 Å². The van der Waals surface area contributed by atoms with E-state index >= 15 is 0 Å². The first kappa shape index (κ1) is 24.7. The van der Waals surface area contributed by atoms with Crippen molar-refractivity contribution in [3.05, 3.63) is 39.5 Å². The second-order valence-corrected chi connectivity index (χ2v) is 9.29. The van der Waals surface area contributed by atoms with E-state index in [1.54, 1.807) is 19.1 Å². The summed E-state index contributed by atoms with van der Waals surface area (Å²) in [5, 5.41) is 22.9. The lowest BCUT2D eigenvalue weighted by Crippen LogP contribution is -2.56. The Labute approximate surface area is 201 Å². The van der Waals surface area contributed by atoms with Gasteiger partial charge in [-0.1, -0.05) is 19.1 Å². The highest BCUT2D eigenvalue weighted by molar-refractivity contribution is 14.1. The van der Waals surface area contributed by atoms with Gasteiger partial charge in [-0.3, -0.25) is 14.4 Å². The topological polar surface area (TPSA) is 116 Å². The molecular weight excluding hydrogens is 527 g/mol. The number of halogens is 1. The molecule has 2 aliphatic carbocycles. The van der Waals surface area contributed by atoms with Gasteiger partial charge >= 0.3 is 0 Å². The number of nitrogens with zero attached hydrogens (tertiary/aromatic N) is 1. The first-order chi connectivity index (χ1) is 15.3. The highest BCUT2D eigenvalue weighted by Crippen LogP contribution is 2.34. The molecule has 9 heteroatoms. The first-order valence-electron chi connectivity index (χ1n) is 10.9. The third-order valence-electron chi connectivity index (χ3n) is 5.69. The number of hydrogen-bond donors (Lipinski definition) is 3. The molecule has 0 spiro atoms. The van der Waals surface area contributed by atoms with Crippen LogP contribution in [0.2, 0.25) is 0 Å². The fraction of sp³-hybridized carbons (Fsp3) is 0.522. The maximum absolute atomic E-state index is 12.9. The van der Waals surface area contributed by atoms with Crippen LogP contribution in [0.5, 0.6) is 5.75 Å². The molecule has 0 bridgehead atoms. The summed E-state index contributed by atoms with van der Waals surface area (Å²) in [7, 11) is 0. The molecule has 1 aromatic carbocycles. The van der Waals surface area contributed by atoms with Gasteiger partial charge in [0.25, 0.3) is 5.91 Å². The molecule has 1 saturated carbocycles. The monoisotopic (exact) mass is 556 g/mol. The van der Waals surface area contributed by atoms with E-state index in [1.165, 1.54) is 4.90 Å². The molecule has 0 unspecified atom stereocenters. The highest BCUT2D eigenvalue weighted by Gasteiger charge is 2.43. The Bertz CT molecular complexity index is 885. The van der Waals surface area contributed by atoms with Crippen LogP contribution in [0, 0.1) is 9.49 Å². The summed E-state index contributed by atoms with van der Waals surface area (Å²) in [6.45, 7) is 1.88. The van der Waals surface area contributed by atoms with Crippen molar-refractivity contribution in [2.75, 3.05) is 19.7 Å². The number of hydrogen-bond acceptors (Lipinski definition) is 6. The average Bonchev–Trinajstić information content (AvgIpc) is 3.62. The lowest BCUT2D eigenvalue weighted by Gasteiger charge is -2.40. The maximum atomic E-state index is 12.9. The van der Waals surface area contributed by atoms with Crippen LogP contribution in [0.15, 0.2) is 35.9 Å². The summed E-state index contributed by atoms with van der Waals surface area (Å²) < 4.78 is 6.90. The SMILES string of the molecule is CCC(=O)C(=O)N(CC1CC1)[C@@H]1CC(C(=O)NCCO)=C[C@H](Oc2ccccc2I)[C@H]1O. The smallest absolute Gasteiger partial charge is 0.290 e. The second-order valence-electron chi connectivity index (χ2n) is 8.12. The van der Waals surface area contributed by atoms with Gasteiger partial charge in [0.05, 0.1) is 16.2 Å². The summed E-state index contributed by atoms with van der Waals surface area (Å²) in [5.41, 5.74) is 0.349. The molecule has 0 saturated heterocycles. The number of Topliss-reactive ketones (excluding diaryl/α,β-unsaturated/α-hetero) is 1. The molecule has 1 fully saturated rings. The van der Waals surface area contributed by atoms with Crippen molar-refractivity contribution < 1.29 is 29.3 Å². The van der Waals surface area contributed by atoms with Gasteiger partial charge in [0, 0.05) is 31.5 Å². The zero-order valence-corrected chi connectivity index (χ0v) is 20.2. The summed E-state index contributed by atoms with van der Waals surface area (Å²) in [5.74, 6) is -0.702. The molecule has 32 heavy (non-hydrogen) atoms. The van der Waals surface area contributed by atoms with Gasteiger partial charge in [0.2, 0.25) is 11.7 Å². The number of para-hydroxylation sites is 1. The van der Waals surface area contributed by atoms with Gasteiger partial charge < -0.3 is 25.2 Å². The Balaban J connectivity index is 1.92. The van der Waals surface area contributed by atoms with Crippen LogP contribution in [-0.2, 0) is 14.4 Å². The van der Waals surface area contributed by atoms with Crippen molar-refractivity contribution in [2.45, 2.75) is 50.9 Å². The van der Waals surface area contributed by atoms with E-state index in [-0.39, 0.29) is 26.0 Å². The number of benzene rings is 1. The minimum absolute atomic E-state index is 0.0740.